The van der Waals surface area contributed by atoms with E-state index < -0.39 is 12.1 Å². The van der Waals surface area contributed by atoms with E-state index in [0.717, 1.165) is 15.0 Å². The number of aliphatic hydroxyl groups is 1. The minimum Gasteiger partial charge on any atom is -0.465 e. The highest BCUT2D eigenvalue weighted by molar-refractivity contribution is 7.19. The van der Waals surface area contributed by atoms with Crippen LogP contribution in [0, 0.1) is 6.92 Å². The molecule has 0 radical (unpaired) electrons. The second-order valence-electron chi connectivity index (χ2n) is 6.45. The summed E-state index contributed by atoms with van der Waals surface area (Å²) in [5, 5.41) is 18.0. The third-order valence-corrected chi connectivity index (χ3v) is 5.56. The fourth-order valence-electron chi connectivity index (χ4n) is 2.89. The molecular formula is C21H25N3O4S. The van der Waals surface area contributed by atoms with Crippen LogP contribution in [0.1, 0.15) is 39.8 Å². The number of hydrogen-bond donors (Lipinski definition) is 3. The van der Waals surface area contributed by atoms with Gasteiger partial charge in [-0.25, -0.2) is 9.79 Å². The lowest BCUT2D eigenvalue weighted by Gasteiger charge is -2.14. The Morgan fingerprint density at radius 2 is 2.10 bits per heavy atom. The van der Waals surface area contributed by atoms with Gasteiger partial charge in [0.2, 0.25) is 0 Å². The molecule has 1 atom stereocenters. The summed E-state index contributed by atoms with van der Waals surface area (Å²) in [4.78, 5) is 17.1. The van der Waals surface area contributed by atoms with Gasteiger partial charge in [0.05, 0.1) is 7.11 Å². The summed E-state index contributed by atoms with van der Waals surface area (Å²) in [6.07, 6.45) is -0.645. The molecule has 0 amide bonds. The van der Waals surface area contributed by atoms with Crippen LogP contribution < -0.4 is 10.6 Å². The molecular weight excluding hydrogens is 390 g/mol. The van der Waals surface area contributed by atoms with Gasteiger partial charge < -0.3 is 24.9 Å². The number of nitrogens with one attached hydrogen (secondary N) is 2. The first-order chi connectivity index (χ1) is 14.0. The number of nitrogens with zero attached hydrogens (tertiary/aromatic N) is 1. The number of guanidine groups is 1. The van der Waals surface area contributed by atoms with Crippen LogP contribution in [0.3, 0.4) is 0 Å². The lowest BCUT2D eigenvalue weighted by Crippen LogP contribution is -2.39. The predicted octanol–water partition coefficient (Wildman–Crippen LogP) is 3.38. The molecule has 0 fully saturated rings. The maximum absolute atomic E-state index is 11.7. The topological polar surface area (TPSA) is 96.1 Å². The molecule has 0 spiro atoms. The van der Waals surface area contributed by atoms with Crippen molar-refractivity contribution in [2.24, 2.45) is 4.99 Å². The Hall–Kier alpha value is -2.84. The number of carbonyl (C=O) groups excluding carboxylic acids is 1. The van der Waals surface area contributed by atoms with E-state index in [2.05, 4.69) is 15.6 Å². The van der Waals surface area contributed by atoms with E-state index in [9.17, 15) is 9.90 Å². The number of fused-ring (bicyclic) bond motifs is 1. The number of aliphatic hydroxyl groups excluding tert-OH is 1. The molecule has 2 heterocycles. The van der Waals surface area contributed by atoms with Gasteiger partial charge in [-0.3, -0.25) is 0 Å². The van der Waals surface area contributed by atoms with Gasteiger partial charge in [-0.1, -0.05) is 18.2 Å². The number of methoxy groups -OCH3 is 1. The number of esters is 1. The number of furan rings is 1. The van der Waals surface area contributed by atoms with E-state index in [1.165, 1.54) is 7.11 Å². The molecule has 0 aliphatic heterocycles. The molecule has 3 aromatic rings. The van der Waals surface area contributed by atoms with Gasteiger partial charge in [0.15, 0.2) is 5.96 Å². The normalized spacial score (nSPS) is 12.8. The van der Waals surface area contributed by atoms with Crippen molar-refractivity contribution in [2.75, 3.05) is 20.2 Å². The average molecular weight is 416 g/mol. The Balaban J connectivity index is 1.64. The molecule has 0 saturated carbocycles. The van der Waals surface area contributed by atoms with E-state index in [1.54, 1.807) is 24.3 Å². The van der Waals surface area contributed by atoms with Gasteiger partial charge >= 0.3 is 5.97 Å². The smallest absolute Gasteiger partial charge is 0.341 e. The highest BCUT2D eigenvalue weighted by atomic mass is 32.1. The quantitative estimate of drug-likeness (QED) is 0.311. The number of carbonyl (C=O) groups is 1. The van der Waals surface area contributed by atoms with E-state index in [1.807, 2.05) is 37.3 Å². The van der Waals surface area contributed by atoms with Crippen molar-refractivity contribution in [3.63, 3.8) is 0 Å². The third kappa shape index (κ3) is 5.16. The highest BCUT2D eigenvalue weighted by Gasteiger charge is 2.16. The van der Waals surface area contributed by atoms with Gasteiger partial charge in [0.1, 0.15) is 29.7 Å². The highest BCUT2D eigenvalue weighted by Crippen LogP contribution is 2.29. The van der Waals surface area contributed by atoms with Crippen LogP contribution in [0.25, 0.3) is 10.1 Å². The molecule has 8 heteroatoms. The number of thiophene rings is 1. The first-order valence-electron chi connectivity index (χ1n) is 9.38. The molecule has 0 bridgehead atoms. The number of hydrogen-bond acceptors (Lipinski definition) is 6. The van der Waals surface area contributed by atoms with Crippen LogP contribution >= 0.6 is 11.3 Å². The summed E-state index contributed by atoms with van der Waals surface area (Å²) in [7, 11) is 1.34. The molecule has 3 rings (SSSR count). The van der Waals surface area contributed by atoms with Crippen LogP contribution in [0.4, 0.5) is 0 Å². The largest absolute Gasteiger partial charge is 0.465 e. The minimum atomic E-state index is -0.645. The SMILES string of the molecule is CCNC(=NCc1cc(C(=O)OC)c(C)o1)NCC(O)c1cc2ccccc2s1. The van der Waals surface area contributed by atoms with Crippen LogP contribution in [-0.4, -0.2) is 37.2 Å². The molecule has 2 aromatic heterocycles. The molecule has 154 valence electrons. The zero-order valence-corrected chi connectivity index (χ0v) is 17.5. The van der Waals surface area contributed by atoms with Crippen LogP contribution in [0.2, 0.25) is 0 Å². The fourth-order valence-corrected chi connectivity index (χ4v) is 3.94. The second kappa shape index (κ2) is 9.58. The number of rotatable bonds is 7. The maximum Gasteiger partial charge on any atom is 0.341 e. The van der Waals surface area contributed by atoms with Crippen molar-refractivity contribution in [1.82, 2.24) is 10.6 Å². The van der Waals surface area contributed by atoms with Gasteiger partial charge in [-0.2, -0.15) is 0 Å². The summed E-state index contributed by atoms with van der Waals surface area (Å²) in [5.41, 5.74) is 0.399. The Labute approximate surface area is 173 Å². The molecule has 1 aromatic carbocycles. The van der Waals surface area contributed by atoms with Crippen molar-refractivity contribution in [3.05, 3.63) is 58.4 Å². The van der Waals surface area contributed by atoms with Crippen LogP contribution in [0.5, 0.6) is 0 Å². The summed E-state index contributed by atoms with van der Waals surface area (Å²) in [6, 6.07) is 11.7. The lowest BCUT2D eigenvalue weighted by molar-refractivity contribution is 0.0599. The first-order valence-corrected chi connectivity index (χ1v) is 10.2. The summed E-state index contributed by atoms with van der Waals surface area (Å²) < 4.78 is 11.5. The molecule has 7 nitrogen and oxygen atoms in total. The minimum absolute atomic E-state index is 0.256. The third-order valence-electron chi connectivity index (χ3n) is 4.35. The predicted molar refractivity (Wildman–Crippen MR) is 114 cm³/mol. The Kier molecular flexibility index (Phi) is 6.90. The number of ether oxygens (including phenoxy) is 1. The molecule has 0 aliphatic rings. The van der Waals surface area contributed by atoms with Gasteiger partial charge in [-0.15, -0.1) is 11.3 Å². The number of aliphatic imine (C=N–C) groups is 1. The first kappa shape index (κ1) is 20.9. The zero-order chi connectivity index (χ0) is 20.8. The van der Waals surface area contributed by atoms with Crippen molar-refractivity contribution in [2.45, 2.75) is 26.5 Å². The molecule has 0 saturated heterocycles. The van der Waals surface area contributed by atoms with Crippen molar-refractivity contribution >= 4 is 33.4 Å². The van der Waals surface area contributed by atoms with Gasteiger partial charge in [0.25, 0.3) is 0 Å². The Bertz CT molecular complexity index is 975. The molecule has 3 N–H and O–H groups in total. The monoisotopic (exact) mass is 415 g/mol. The zero-order valence-electron chi connectivity index (χ0n) is 16.7. The van der Waals surface area contributed by atoms with E-state index in [-0.39, 0.29) is 6.54 Å². The molecule has 29 heavy (non-hydrogen) atoms. The van der Waals surface area contributed by atoms with Crippen molar-refractivity contribution in [1.29, 1.82) is 0 Å². The number of benzene rings is 1. The average Bonchev–Trinajstić information content (AvgIpc) is 3.32. The van der Waals surface area contributed by atoms with Crippen molar-refractivity contribution < 1.29 is 19.1 Å². The van der Waals surface area contributed by atoms with Gasteiger partial charge in [0, 0.05) is 22.7 Å². The lowest BCUT2D eigenvalue weighted by atomic mass is 10.2. The van der Waals surface area contributed by atoms with Crippen LogP contribution in [-0.2, 0) is 11.3 Å². The second-order valence-corrected chi connectivity index (χ2v) is 7.57. The summed E-state index contributed by atoms with van der Waals surface area (Å²) in [6.45, 7) is 4.93. The summed E-state index contributed by atoms with van der Waals surface area (Å²) in [5.74, 6) is 1.18. The maximum atomic E-state index is 11.7. The number of aryl methyl sites for hydroxylation is 1. The van der Waals surface area contributed by atoms with Crippen molar-refractivity contribution in [3.8, 4) is 0 Å². The van der Waals surface area contributed by atoms with E-state index in [4.69, 9.17) is 9.15 Å². The van der Waals surface area contributed by atoms with Crippen LogP contribution in [0.15, 0.2) is 45.8 Å². The van der Waals surface area contributed by atoms with E-state index >= 15 is 0 Å². The molecule has 0 aliphatic carbocycles. The Morgan fingerprint density at radius 3 is 2.83 bits per heavy atom. The Morgan fingerprint density at radius 1 is 1.31 bits per heavy atom. The standard InChI is InChI=1S/C21H25N3O4S/c1-4-22-21(23-11-15-10-16(13(2)28-15)20(26)27-3)24-12-17(25)19-9-14-7-5-6-8-18(14)29-19/h5-10,17,25H,4,11-12H2,1-3H3,(H2,22,23,24). The molecule has 1 unspecified atom stereocenters. The van der Waals surface area contributed by atoms with Gasteiger partial charge in [-0.05, 0) is 37.4 Å². The van der Waals surface area contributed by atoms with E-state index in [0.29, 0.717) is 36.1 Å². The summed E-state index contributed by atoms with van der Waals surface area (Å²) >= 11 is 1.58. The fraction of sp³-hybridized carbons (Fsp3) is 0.333.